The van der Waals surface area contributed by atoms with Crippen molar-refractivity contribution in [3.63, 3.8) is 0 Å². The van der Waals surface area contributed by atoms with Gasteiger partial charge in [-0.25, -0.2) is 0 Å². The molecule has 0 bridgehead atoms. The van der Waals surface area contributed by atoms with Crippen LogP contribution in [0.25, 0.3) is 0 Å². The van der Waals surface area contributed by atoms with Crippen LogP contribution in [0.4, 0.5) is 0 Å². The van der Waals surface area contributed by atoms with Gasteiger partial charge in [0.15, 0.2) is 0 Å². The van der Waals surface area contributed by atoms with Gasteiger partial charge in [0.25, 0.3) is 0 Å². The number of hydrogen-bond donors (Lipinski definition) is 0. The van der Waals surface area contributed by atoms with Crippen molar-refractivity contribution in [3.8, 4) is 0 Å². The van der Waals surface area contributed by atoms with Crippen molar-refractivity contribution in [1.82, 2.24) is 9.80 Å². The SMILES string of the molecule is CCCCCCCCCCCCCCCCCCN1C=CN(CCCCCCCCCC)C1CCCCC. The Morgan fingerprint density at radius 1 is 0.342 bits per heavy atom. The molecule has 1 unspecified atom stereocenters. The van der Waals surface area contributed by atoms with Gasteiger partial charge in [-0.1, -0.05) is 175 Å². The molecule has 0 saturated heterocycles. The van der Waals surface area contributed by atoms with Crippen molar-refractivity contribution >= 4 is 0 Å². The number of unbranched alkanes of at least 4 members (excludes halogenated alkanes) is 24. The molecule has 1 atom stereocenters. The van der Waals surface area contributed by atoms with Gasteiger partial charge < -0.3 is 9.80 Å². The molecule has 2 nitrogen and oxygen atoms in total. The van der Waals surface area contributed by atoms with E-state index in [1.165, 1.54) is 193 Å². The molecule has 1 aliphatic rings. The van der Waals surface area contributed by atoms with Gasteiger partial charge in [0, 0.05) is 25.5 Å². The summed E-state index contributed by atoms with van der Waals surface area (Å²) in [6.45, 7) is 9.48. The van der Waals surface area contributed by atoms with E-state index < -0.39 is 0 Å². The van der Waals surface area contributed by atoms with Crippen LogP contribution in [0.5, 0.6) is 0 Å². The Morgan fingerprint density at radius 2 is 0.605 bits per heavy atom. The number of nitrogens with zero attached hydrogens (tertiary/aromatic N) is 2. The first-order chi connectivity index (χ1) is 18.8. The fourth-order valence-corrected chi connectivity index (χ4v) is 6.19. The maximum Gasteiger partial charge on any atom is 0.101 e. The van der Waals surface area contributed by atoms with E-state index >= 15 is 0 Å². The predicted molar refractivity (Wildman–Crippen MR) is 173 cm³/mol. The Morgan fingerprint density at radius 3 is 0.921 bits per heavy atom. The first-order valence-corrected chi connectivity index (χ1v) is 18.0. The molecule has 1 heterocycles. The summed E-state index contributed by atoms with van der Waals surface area (Å²) in [5, 5.41) is 0. The summed E-state index contributed by atoms with van der Waals surface area (Å²) in [5.41, 5.74) is 0. The van der Waals surface area contributed by atoms with Crippen LogP contribution in [0.2, 0.25) is 0 Å². The molecule has 0 aliphatic carbocycles. The molecular formula is C36H72N2. The van der Waals surface area contributed by atoms with Crippen molar-refractivity contribution in [2.75, 3.05) is 13.1 Å². The number of hydrogen-bond acceptors (Lipinski definition) is 2. The highest BCUT2D eigenvalue weighted by molar-refractivity contribution is 4.97. The lowest BCUT2D eigenvalue weighted by molar-refractivity contribution is 0.135. The van der Waals surface area contributed by atoms with Gasteiger partial charge in [0.2, 0.25) is 0 Å². The molecule has 0 radical (unpaired) electrons. The lowest BCUT2D eigenvalue weighted by atomic mass is 10.0. The summed E-state index contributed by atoms with van der Waals surface area (Å²) < 4.78 is 0. The molecule has 2 heteroatoms. The van der Waals surface area contributed by atoms with Gasteiger partial charge in [-0.15, -0.1) is 0 Å². The van der Waals surface area contributed by atoms with E-state index in [2.05, 4.69) is 43.0 Å². The minimum Gasteiger partial charge on any atom is -0.356 e. The second-order valence-electron chi connectivity index (χ2n) is 12.5. The minimum absolute atomic E-state index is 0.641. The quantitative estimate of drug-likeness (QED) is 0.0848. The normalized spacial score (nSPS) is 15.3. The molecule has 0 aromatic heterocycles. The molecule has 1 aliphatic heterocycles. The van der Waals surface area contributed by atoms with Crippen molar-refractivity contribution in [2.24, 2.45) is 0 Å². The van der Waals surface area contributed by atoms with Crippen molar-refractivity contribution in [1.29, 1.82) is 0 Å². The third-order valence-corrected chi connectivity index (χ3v) is 8.82. The second kappa shape index (κ2) is 27.9. The van der Waals surface area contributed by atoms with E-state index in [4.69, 9.17) is 0 Å². The molecule has 0 N–H and O–H groups in total. The zero-order valence-electron chi connectivity index (χ0n) is 26.8. The van der Waals surface area contributed by atoms with Crippen LogP contribution in [-0.4, -0.2) is 29.1 Å². The van der Waals surface area contributed by atoms with Crippen LogP contribution in [0.15, 0.2) is 12.4 Å². The lowest BCUT2D eigenvalue weighted by Crippen LogP contribution is -2.39. The summed E-state index contributed by atoms with van der Waals surface area (Å²) in [5.74, 6) is 0. The average molecular weight is 533 g/mol. The van der Waals surface area contributed by atoms with Crippen LogP contribution < -0.4 is 0 Å². The molecule has 226 valence electrons. The highest BCUT2D eigenvalue weighted by Crippen LogP contribution is 2.23. The molecular weight excluding hydrogens is 460 g/mol. The third-order valence-electron chi connectivity index (χ3n) is 8.82. The van der Waals surface area contributed by atoms with Gasteiger partial charge in [-0.2, -0.15) is 0 Å². The van der Waals surface area contributed by atoms with Gasteiger partial charge >= 0.3 is 0 Å². The van der Waals surface area contributed by atoms with E-state index in [0.717, 1.165) is 0 Å². The molecule has 0 aromatic carbocycles. The Bertz CT molecular complexity index is 488. The minimum atomic E-state index is 0.641. The Hall–Kier alpha value is -0.660. The van der Waals surface area contributed by atoms with Crippen LogP contribution in [0.1, 0.15) is 201 Å². The zero-order chi connectivity index (χ0) is 27.4. The maximum absolute atomic E-state index is 2.68. The van der Waals surface area contributed by atoms with E-state index in [1.54, 1.807) is 0 Å². The lowest BCUT2D eigenvalue weighted by Gasteiger charge is -2.33. The summed E-state index contributed by atoms with van der Waals surface area (Å²) in [4.78, 5) is 5.36. The van der Waals surface area contributed by atoms with Gasteiger partial charge in [0.1, 0.15) is 6.17 Å². The smallest absolute Gasteiger partial charge is 0.101 e. The Kier molecular flexibility index (Phi) is 26.0. The van der Waals surface area contributed by atoms with E-state index in [1.807, 2.05) is 0 Å². The average Bonchev–Trinajstić information content (AvgIpc) is 3.31. The summed E-state index contributed by atoms with van der Waals surface area (Å²) in [6.07, 6.45) is 45.5. The molecule has 0 spiro atoms. The van der Waals surface area contributed by atoms with Gasteiger partial charge in [-0.3, -0.25) is 0 Å². The van der Waals surface area contributed by atoms with Crippen LogP contribution in [-0.2, 0) is 0 Å². The van der Waals surface area contributed by atoms with Crippen LogP contribution >= 0.6 is 0 Å². The number of rotatable bonds is 30. The van der Waals surface area contributed by atoms with Crippen molar-refractivity contribution in [2.45, 2.75) is 207 Å². The molecule has 0 saturated carbocycles. The summed E-state index contributed by atoms with van der Waals surface area (Å²) >= 11 is 0. The Balaban J connectivity index is 2.03. The Labute approximate surface area is 241 Å². The first-order valence-electron chi connectivity index (χ1n) is 18.0. The molecule has 0 fully saturated rings. The first kappa shape index (κ1) is 35.4. The fourth-order valence-electron chi connectivity index (χ4n) is 6.19. The predicted octanol–water partition coefficient (Wildman–Crippen LogP) is 12.4. The topological polar surface area (TPSA) is 6.48 Å². The van der Waals surface area contributed by atoms with Gasteiger partial charge in [-0.05, 0) is 25.7 Å². The van der Waals surface area contributed by atoms with E-state index in [-0.39, 0.29) is 0 Å². The monoisotopic (exact) mass is 533 g/mol. The van der Waals surface area contributed by atoms with Crippen molar-refractivity contribution in [3.05, 3.63) is 12.4 Å². The molecule has 0 amide bonds. The summed E-state index contributed by atoms with van der Waals surface area (Å²) in [7, 11) is 0. The fraction of sp³-hybridized carbons (Fsp3) is 0.944. The standard InChI is InChI=1S/C36H72N2/c1-4-7-10-12-14-16-17-18-19-20-21-22-23-25-27-30-33-38-35-34-37(36(38)31-28-9-6-3)32-29-26-24-15-13-11-8-5-2/h34-36H,4-33H2,1-3H3. The van der Waals surface area contributed by atoms with E-state index in [9.17, 15) is 0 Å². The highest BCUT2D eigenvalue weighted by atomic mass is 15.4. The second-order valence-corrected chi connectivity index (χ2v) is 12.5. The summed E-state index contributed by atoms with van der Waals surface area (Å²) in [6, 6.07) is 0. The zero-order valence-corrected chi connectivity index (χ0v) is 26.8. The van der Waals surface area contributed by atoms with Crippen LogP contribution in [0, 0.1) is 0 Å². The maximum atomic E-state index is 2.68. The molecule has 1 rings (SSSR count). The van der Waals surface area contributed by atoms with Crippen LogP contribution in [0.3, 0.4) is 0 Å². The molecule has 0 aromatic rings. The van der Waals surface area contributed by atoms with Gasteiger partial charge in [0.05, 0.1) is 0 Å². The molecule has 38 heavy (non-hydrogen) atoms. The van der Waals surface area contributed by atoms with E-state index in [0.29, 0.717) is 6.17 Å². The largest absolute Gasteiger partial charge is 0.356 e. The third kappa shape index (κ3) is 20.3. The van der Waals surface area contributed by atoms with Crippen molar-refractivity contribution < 1.29 is 0 Å². The highest BCUT2D eigenvalue weighted by Gasteiger charge is 2.24.